The largest absolute Gasteiger partial charge is 0.457 e. The van der Waals surface area contributed by atoms with Crippen molar-refractivity contribution >= 4 is 29.3 Å². The first-order valence-corrected chi connectivity index (χ1v) is 7.80. The van der Waals surface area contributed by atoms with Crippen molar-refractivity contribution in [1.82, 2.24) is 4.90 Å². The smallest absolute Gasteiger partial charge is 0.248 e. The van der Waals surface area contributed by atoms with Crippen LogP contribution in [0.1, 0.15) is 29.8 Å². The van der Waals surface area contributed by atoms with Crippen LogP contribution in [0, 0.1) is 0 Å². The van der Waals surface area contributed by atoms with Crippen molar-refractivity contribution in [3.05, 3.63) is 58.6 Å². The molecule has 0 aliphatic heterocycles. The Labute approximate surface area is 150 Å². The molecule has 0 heterocycles. The number of carbonyl (C=O) groups is 3. The molecular formula is C18H17ClN2O4. The van der Waals surface area contributed by atoms with Gasteiger partial charge >= 0.3 is 0 Å². The third-order valence-corrected chi connectivity index (χ3v) is 3.73. The molecule has 3 amide bonds. The van der Waals surface area contributed by atoms with Crippen molar-refractivity contribution in [3.63, 3.8) is 0 Å². The standard InChI is InChI=1S/C18H17ClN2O4/c1-11(22)21(12(2)23)10-14-4-3-13(18(20)24)9-17(14)25-16-7-5-15(19)6-8-16/h3-9H,10H2,1-2H3,(H2,20,24). The van der Waals surface area contributed by atoms with Crippen LogP contribution in [-0.2, 0) is 16.1 Å². The lowest BCUT2D eigenvalue weighted by Crippen LogP contribution is -2.32. The lowest BCUT2D eigenvalue weighted by atomic mass is 10.1. The molecule has 0 aliphatic rings. The first-order chi connectivity index (χ1) is 11.8. The van der Waals surface area contributed by atoms with Gasteiger partial charge in [-0.1, -0.05) is 17.7 Å². The second-order valence-corrected chi connectivity index (χ2v) is 5.80. The van der Waals surface area contributed by atoms with Crippen molar-refractivity contribution in [2.45, 2.75) is 20.4 Å². The number of nitrogens with zero attached hydrogens (tertiary/aromatic N) is 1. The highest BCUT2D eigenvalue weighted by molar-refractivity contribution is 6.30. The number of rotatable bonds is 5. The number of amides is 3. The van der Waals surface area contributed by atoms with E-state index in [1.54, 1.807) is 30.3 Å². The number of benzene rings is 2. The van der Waals surface area contributed by atoms with E-state index in [2.05, 4.69) is 0 Å². The van der Waals surface area contributed by atoms with Gasteiger partial charge in [0.2, 0.25) is 17.7 Å². The van der Waals surface area contributed by atoms with E-state index in [4.69, 9.17) is 22.1 Å². The second kappa shape index (κ2) is 7.81. The van der Waals surface area contributed by atoms with Crippen LogP contribution >= 0.6 is 11.6 Å². The summed E-state index contributed by atoms with van der Waals surface area (Å²) in [6.07, 6.45) is 0. The first-order valence-electron chi connectivity index (χ1n) is 7.42. The van der Waals surface area contributed by atoms with Gasteiger partial charge in [-0.3, -0.25) is 19.3 Å². The SMILES string of the molecule is CC(=O)N(Cc1ccc(C(N)=O)cc1Oc1ccc(Cl)cc1)C(C)=O. The monoisotopic (exact) mass is 360 g/mol. The molecule has 7 heteroatoms. The normalized spacial score (nSPS) is 10.2. The second-order valence-electron chi connectivity index (χ2n) is 5.37. The van der Waals surface area contributed by atoms with Gasteiger partial charge in [0.25, 0.3) is 0 Å². The molecule has 25 heavy (non-hydrogen) atoms. The summed E-state index contributed by atoms with van der Waals surface area (Å²) < 4.78 is 5.80. The summed E-state index contributed by atoms with van der Waals surface area (Å²) in [5, 5.41) is 0.554. The Morgan fingerprint density at radius 1 is 1.04 bits per heavy atom. The zero-order valence-electron chi connectivity index (χ0n) is 13.8. The van der Waals surface area contributed by atoms with Gasteiger partial charge < -0.3 is 10.5 Å². The third-order valence-electron chi connectivity index (χ3n) is 3.48. The lowest BCUT2D eigenvalue weighted by Gasteiger charge is -2.19. The molecule has 130 valence electrons. The Hall–Kier alpha value is -2.86. The number of nitrogens with two attached hydrogens (primary N) is 1. The molecular weight excluding hydrogens is 344 g/mol. The molecule has 0 saturated carbocycles. The van der Waals surface area contributed by atoms with Crippen molar-refractivity contribution in [1.29, 1.82) is 0 Å². The minimum Gasteiger partial charge on any atom is -0.457 e. The number of primary amides is 1. The minimum absolute atomic E-state index is 0.0205. The quantitative estimate of drug-likeness (QED) is 0.887. The molecule has 0 saturated heterocycles. The maximum atomic E-state index is 11.6. The molecule has 2 aromatic rings. The molecule has 6 nitrogen and oxygen atoms in total. The number of hydrogen-bond donors (Lipinski definition) is 1. The highest BCUT2D eigenvalue weighted by atomic mass is 35.5. The fraction of sp³-hybridized carbons (Fsp3) is 0.167. The van der Waals surface area contributed by atoms with E-state index in [1.807, 2.05) is 0 Å². The van der Waals surface area contributed by atoms with Crippen molar-refractivity contribution in [2.75, 3.05) is 0 Å². The maximum absolute atomic E-state index is 11.6. The number of halogens is 1. The van der Waals surface area contributed by atoms with Crippen molar-refractivity contribution < 1.29 is 19.1 Å². The summed E-state index contributed by atoms with van der Waals surface area (Å²) in [5.41, 5.74) is 6.13. The van der Waals surface area contributed by atoms with Crippen LogP contribution in [0.3, 0.4) is 0 Å². The Balaban J connectivity index is 2.41. The first kappa shape index (κ1) is 18.5. The van der Waals surface area contributed by atoms with Crippen molar-refractivity contribution in [3.8, 4) is 11.5 Å². The topological polar surface area (TPSA) is 89.7 Å². The summed E-state index contributed by atoms with van der Waals surface area (Å²) >= 11 is 5.85. The molecule has 2 aromatic carbocycles. The minimum atomic E-state index is -0.609. The summed E-state index contributed by atoms with van der Waals surface area (Å²) in [6, 6.07) is 11.2. The fourth-order valence-electron chi connectivity index (χ4n) is 2.18. The van der Waals surface area contributed by atoms with Gasteiger partial charge in [-0.15, -0.1) is 0 Å². The van der Waals surface area contributed by atoms with E-state index in [0.717, 1.165) is 4.90 Å². The predicted octanol–water partition coefficient (Wildman–Crippen LogP) is 3.13. The van der Waals surface area contributed by atoms with Crippen LogP contribution < -0.4 is 10.5 Å². The fourth-order valence-corrected chi connectivity index (χ4v) is 2.30. The predicted molar refractivity (Wildman–Crippen MR) is 93.4 cm³/mol. The number of hydrogen-bond acceptors (Lipinski definition) is 4. The highest BCUT2D eigenvalue weighted by Crippen LogP contribution is 2.28. The molecule has 2 N–H and O–H groups in total. The number of imide groups is 1. The number of ether oxygens (including phenoxy) is 1. The summed E-state index contributed by atoms with van der Waals surface area (Å²) in [6.45, 7) is 2.63. The average molecular weight is 361 g/mol. The zero-order valence-corrected chi connectivity index (χ0v) is 14.5. The summed E-state index contributed by atoms with van der Waals surface area (Å²) in [4.78, 5) is 35.8. The van der Waals surface area contributed by atoms with Crippen molar-refractivity contribution in [2.24, 2.45) is 5.73 Å². The van der Waals surface area contributed by atoms with Crippen LogP contribution in [0.15, 0.2) is 42.5 Å². The Kier molecular flexibility index (Phi) is 5.77. The van der Waals surface area contributed by atoms with Gasteiger partial charge in [0.1, 0.15) is 11.5 Å². The molecule has 0 aliphatic carbocycles. The Morgan fingerprint density at radius 3 is 2.16 bits per heavy atom. The molecule has 2 rings (SSSR count). The van der Waals surface area contributed by atoms with E-state index in [9.17, 15) is 14.4 Å². The van der Waals surface area contributed by atoms with Gasteiger partial charge in [-0.25, -0.2) is 0 Å². The highest BCUT2D eigenvalue weighted by Gasteiger charge is 2.18. The van der Waals surface area contributed by atoms with Gasteiger partial charge in [-0.2, -0.15) is 0 Å². The zero-order chi connectivity index (χ0) is 18.6. The summed E-state index contributed by atoms with van der Waals surface area (Å²) in [7, 11) is 0. The van der Waals surface area contributed by atoms with Crippen LogP contribution in [0.25, 0.3) is 0 Å². The van der Waals surface area contributed by atoms with E-state index in [1.165, 1.54) is 26.0 Å². The van der Waals surface area contributed by atoms with Crippen LogP contribution in [0.5, 0.6) is 11.5 Å². The third kappa shape index (κ3) is 4.81. The Morgan fingerprint density at radius 2 is 1.64 bits per heavy atom. The van der Waals surface area contributed by atoms with Crippen LogP contribution in [0.4, 0.5) is 0 Å². The molecule has 0 aromatic heterocycles. The van der Waals surface area contributed by atoms with E-state index in [-0.39, 0.29) is 23.9 Å². The van der Waals surface area contributed by atoms with E-state index in [0.29, 0.717) is 22.1 Å². The van der Waals surface area contributed by atoms with E-state index < -0.39 is 5.91 Å². The summed E-state index contributed by atoms with van der Waals surface area (Å²) in [5.74, 6) is -0.564. The maximum Gasteiger partial charge on any atom is 0.248 e. The molecule has 0 atom stereocenters. The van der Waals surface area contributed by atoms with Crippen LogP contribution in [-0.4, -0.2) is 22.6 Å². The molecule has 0 fully saturated rings. The molecule has 0 unspecified atom stereocenters. The van der Waals surface area contributed by atoms with Crippen LogP contribution in [0.2, 0.25) is 5.02 Å². The lowest BCUT2D eigenvalue weighted by molar-refractivity contribution is -0.142. The molecule has 0 radical (unpaired) electrons. The average Bonchev–Trinajstić information content (AvgIpc) is 2.54. The number of carbonyl (C=O) groups excluding carboxylic acids is 3. The van der Waals surface area contributed by atoms with Gasteiger partial charge in [0, 0.05) is 30.0 Å². The van der Waals surface area contributed by atoms with Gasteiger partial charge in [0.15, 0.2) is 0 Å². The molecule has 0 spiro atoms. The van der Waals surface area contributed by atoms with E-state index >= 15 is 0 Å². The van der Waals surface area contributed by atoms with Gasteiger partial charge in [-0.05, 0) is 36.4 Å². The Bertz CT molecular complexity index is 804. The molecule has 0 bridgehead atoms. The van der Waals surface area contributed by atoms with Gasteiger partial charge in [0.05, 0.1) is 6.54 Å².